The van der Waals surface area contributed by atoms with Gasteiger partial charge in [-0.1, -0.05) is 0 Å². The minimum atomic E-state index is -4.39. The molecule has 74 valence electrons. The Labute approximate surface area is 74.0 Å². The molecule has 0 aromatic carbocycles. The Hall–Kier alpha value is -1.00. The molecule has 1 heterocycles. The summed E-state index contributed by atoms with van der Waals surface area (Å²) in [7, 11) is 1.51. The SMILES string of the molecule is CN1CCC/C(=C/C(F)(F)F)C1=O. The number of hydrogen-bond donors (Lipinski definition) is 0. The van der Waals surface area contributed by atoms with Crippen molar-refractivity contribution in [1.82, 2.24) is 4.90 Å². The van der Waals surface area contributed by atoms with Crippen LogP contribution in [0.1, 0.15) is 12.8 Å². The number of likely N-dealkylation sites (tertiary alicyclic amines) is 1. The van der Waals surface area contributed by atoms with Crippen LogP contribution in [0.4, 0.5) is 13.2 Å². The second-order valence-electron chi connectivity index (χ2n) is 3.04. The fourth-order valence-electron chi connectivity index (χ4n) is 1.29. The molecule has 2 nitrogen and oxygen atoms in total. The quantitative estimate of drug-likeness (QED) is 0.536. The lowest BCUT2D eigenvalue weighted by molar-refractivity contribution is -0.128. The summed E-state index contributed by atoms with van der Waals surface area (Å²) in [5.74, 6) is -0.511. The van der Waals surface area contributed by atoms with Crippen molar-refractivity contribution in [2.75, 3.05) is 13.6 Å². The molecule has 0 aliphatic carbocycles. The van der Waals surface area contributed by atoms with E-state index in [9.17, 15) is 18.0 Å². The van der Waals surface area contributed by atoms with E-state index in [1.165, 1.54) is 11.9 Å². The Balaban J connectivity index is 2.80. The summed E-state index contributed by atoms with van der Waals surface area (Å²) in [6.45, 7) is 0.536. The van der Waals surface area contributed by atoms with Gasteiger partial charge in [0.15, 0.2) is 0 Å². The molecule has 0 spiro atoms. The van der Waals surface area contributed by atoms with Crippen LogP contribution in [0.3, 0.4) is 0 Å². The summed E-state index contributed by atoms with van der Waals surface area (Å²) >= 11 is 0. The zero-order valence-corrected chi connectivity index (χ0v) is 7.19. The van der Waals surface area contributed by atoms with E-state index in [0.717, 1.165) is 0 Å². The monoisotopic (exact) mass is 193 g/mol. The number of carbonyl (C=O) groups is 1. The van der Waals surface area contributed by atoms with E-state index in [4.69, 9.17) is 0 Å². The Kier molecular flexibility index (Phi) is 2.63. The lowest BCUT2D eigenvalue weighted by Gasteiger charge is -2.24. The van der Waals surface area contributed by atoms with Gasteiger partial charge in [0.2, 0.25) is 5.91 Å². The molecule has 1 rings (SSSR count). The first-order valence-corrected chi connectivity index (χ1v) is 3.94. The number of alkyl halides is 3. The number of carbonyl (C=O) groups excluding carboxylic acids is 1. The molecule has 0 aromatic rings. The summed E-state index contributed by atoms with van der Waals surface area (Å²) in [4.78, 5) is 12.5. The van der Waals surface area contributed by atoms with Crippen LogP contribution < -0.4 is 0 Å². The van der Waals surface area contributed by atoms with Gasteiger partial charge in [-0.2, -0.15) is 13.2 Å². The van der Waals surface area contributed by atoms with Crippen LogP contribution in [0.2, 0.25) is 0 Å². The summed E-state index contributed by atoms with van der Waals surface area (Å²) in [6.07, 6.45) is -3.46. The first-order chi connectivity index (χ1) is 5.90. The molecule has 0 radical (unpaired) electrons. The summed E-state index contributed by atoms with van der Waals surface area (Å²) in [5.41, 5.74) is -0.138. The van der Waals surface area contributed by atoms with Crippen LogP contribution in [0.25, 0.3) is 0 Å². The highest BCUT2D eigenvalue weighted by atomic mass is 19.4. The highest BCUT2D eigenvalue weighted by Gasteiger charge is 2.29. The van der Waals surface area contributed by atoms with E-state index in [-0.39, 0.29) is 18.1 Å². The van der Waals surface area contributed by atoms with Crippen LogP contribution in [0.5, 0.6) is 0 Å². The average molecular weight is 193 g/mol. The fourth-order valence-corrected chi connectivity index (χ4v) is 1.29. The molecule has 0 N–H and O–H groups in total. The topological polar surface area (TPSA) is 20.3 Å². The Bertz CT molecular complexity index is 244. The largest absolute Gasteiger partial charge is 0.410 e. The van der Waals surface area contributed by atoms with Crippen molar-refractivity contribution < 1.29 is 18.0 Å². The van der Waals surface area contributed by atoms with Gasteiger partial charge in [-0.05, 0) is 12.8 Å². The standard InChI is InChI=1S/C8H10F3NO/c1-12-4-2-3-6(7(12)13)5-8(9,10)11/h5H,2-4H2,1H3/b6-5-. The molecule has 13 heavy (non-hydrogen) atoms. The van der Waals surface area contributed by atoms with Gasteiger partial charge < -0.3 is 4.90 Å². The van der Waals surface area contributed by atoms with Gasteiger partial charge in [0, 0.05) is 25.2 Å². The Morgan fingerprint density at radius 3 is 2.62 bits per heavy atom. The van der Waals surface area contributed by atoms with Crippen LogP contribution >= 0.6 is 0 Å². The number of halogens is 3. The molecule has 0 saturated carbocycles. The molecule has 0 aromatic heterocycles. The van der Waals surface area contributed by atoms with Crippen molar-refractivity contribution in [3.8, 4) is 0 Å². The summed E-state index contributed by atoms with van der Waals surface area (Å²) in [5, 5.41) is 0. The molecule has 1 aliphatic rings. The third-order valence-corrected chi connectivity index (χ3v) is 1.90. The fraction of sp³-hybridized carbons (Fsp3) is 0.625. The first-order valence-electron chi connectivity index (χ1n) is 3.94. The third-order valence-electron chi connectivity index (χ3n) is 1.90. The van der Waals surface area contributed by atoms with Crippen LogP contribution in [-0.4, -0.2) is 30.6 Å². The maximum absolute atomic E-state index is 11.9. The predicted octanol–water partition coefficient (Wildman–Crippen LogP) is 1.73. The zero-order chi connectivity index (χ0) is 10.1. The van der Waals surface area contributed by atoms with Crippen molar-refractivity contribution in [2.24, 2.45) is 0 Å². The molecule has 5 heteroatoms. The smallest absolute Gasteiger partial charge is 0.342 e. The number of rotatable bonds is 0. The molecular formula is C8H10F3NO. The normalized spacial score (nSPS) is 22.6. The van der Waals surface area contributed by atoms with Crippen molar-refractivity contribution in [1.29, 1.82) is 0 Å². The van der Waals surface area contributed by atoms with Crippen molar-refractivity contribution in [3.63, 3.8) is 0 Å². The molecule has 1 aliphatic heterocycles. The lowest BCUT2D eigenvalue weighted by atomic mass is 10.0. The molecule has 1 saturated heterocycles. The molecular weight excluding hydrogens is 183 g/mol. The van der Waals surface area contributed by atoms with Gasteiger partial charge in [-0.15, -0.1) is 0 Å². The minimum Gasteiger partial charge on any atom is -0.342 e. The number of allylic oxidation sites excluding steroid dienone is 1. The number of piperidine rings is 1. The number of nitrogens with zero attached hydrogens (tertiary/aromatic N) is 1. The highest BCUT2D eigenvalue weighted by molar-refractivity contribution is 5.94. The van der Waals surface area contributed by atoms with Crippen LogP contribution in [-0.2, 0) is 4.79 Å². The lowest BCUT2D eigenvalue weighted by Crippen LogP contribution is -2.33. The second kappa shape index (κ2) is 3.40. The number of likely N-dealkylation sites (N-methyl/N-ethyl adjacent to an activating group) is 1. The van der Waals surface area contributed by atoms with Crippen molar-refractivity contribution in [2.45, 2.75) is 19.0 Å². The van der Waals surface area contributed by atoms with Crippen LogP contribution in [0, 0.1) is 0 Å². The zero-order valence-electron chi connectivity index (χ0n) is 7.19. The minimum absolute atomic E-state index is 0.102. The number of hydrogen-bond acceptors (Lipinski definition) is 1. The van der Waals surface area contributed by atoms with E-state index in [1.54, 1.807) is 0 Å². The van der Waals surface area contributed by atoms with Gasteiger partial charge >= 0.3 is 6.18 Å². The van der Waals surface area contributed by atoms with E-state index in [1.807, 2.05) is 0 Å². The first kappa shape index (κ1) is 10.1. The Morgan fingerprint density at radius 1 is 1.46 bits per heavy atom. The molecule has 1 amide bonds. The van der Waals surface area contributed by atoms with Crippen molar-refractivity contribution in [3.05, 3.63) is 11.6 Å². The second-order valence-corrected chi connectivity index (χ2v) is 3.04. The average Bonchev–Trinajstić information content (AvgIpc) is 1.96. The van der Waals surface area contributed by atoms with Crippen molar-refractivity contribution >= 4 is 5.91 Å². The van der Waals surface area contributed by atoms with Gasteiger partial charge in [0.25, 0.3) is 0 Å². The summed E-state index contributed by atoms with van der Waals surface area (Å²) < 4.78 is 35.7. The molecule has 0 bridgehead atoms. The van der Waals surface area contributed by atoms with Gasteiger partial charge in [-0.3, -0.25) is 4.79 Å². The summed E-state index contributed by atoms with van der Waals surface area (Å²) in [6, 6.07) is 0. The highest BCUT2D eigenvalue weighted by Crippen LogP contribution is 2.23. The van der Waals surface area contributed by atoms with E-state index < -0.39 is 12.1 Å². The van der Waals surface area contributed by atoms with E-state index in [0.29, 0.717) is 13.0 Å². The maximum Gasteiger partial charge on any atom is 0.410 e. The Morgan fingerprint density at radius 2 is 2.08 bits per heavy atom. The van der Waals surface area contributed by atoms with E-state index in [2.05, 4.69) is 0 Å². The number of amides is 1. The van der Waals surface area contributed by atoms with Gasteiger partial charge in [0.1, 0.15) is 0 Å². The molecule has 1 fully saturated rings. The third kappa shape index (κ3) is 2.75. The van der Waals surface area contributed by atoms with E-state index >= 15 is 0 Å². The molecule has 0 atom stereocenters. The predicted molar refractivity (Wildman–Crippen MR) is 41.0 cm³/mol. The molecule has 0 unspecified atom stereocenters. The van der Waals surface area contributed by atoms with Gasteiger partial charge in [-0.25, -0.2) is 0 Å². The maximum atomic E-state index is 11.9. The van der Waals surface area contributed by atoms with Crippen LogP contribution in [0.15, 0.2) is 11.6 Å². The van der Waals surface area contributed by atoms with Gasteiger partial charge in [0.05, 0.1) is 0 Å².